The van der Waals surface area contributed by atoms with Crippen LogP contribution in [0.25, 0.3) is 0 Å². The minimum Gasteiger partial charge on any atom is -0.350 e. The molecule has 2 rings (SSSR count). The van der Waals surface area contributed by atoms with E-state index in [4.69, 9.17) is 11.6 Å². The van der Waals surface area contributed by atoms with E-state index in [0.717, 1.165) is 21.7 Å². The Balaban J connectivity index is 2.04. The Bertz CT molecular complexity index is 994. The minimum absolute atomic E-state index is 0.158. The van der Waals surface area contributed by atoms with Gasteiger partial charge in [0.25, 0.3) is 0 Å². The molecule has 0 heterocycles. The fraction of sp³-hybridized carbons (Fsp3) is 0.333. The number of carbonyl (C=O) groups is 2. The molecular weight excluding hydrogens is 426 g/mol. The maximum atomic E-state index is 12.8. The minimum atomic E-state index is -3.68. The van der Waals surface area contributed by atoms with Crippen molar-refractivity contribution < 1.29 is 18.0 Å². The number of hydrogen-bond acceptors (Lipinski definition) is 4. The van der Waals surface area contributed by atoms with Gasteiger partial charge in [-0.2, -0.15) is 0 Å². The predicted molar refractivity (Wildman–Crippen MR) is 119 cm³/mol. The summed E-state index contributed by atoms with van der Waals surface area (Å²) in [6.07, 6.45) is 1.06. The first-order valence-electron chi connectivity index (χ1n) is 9.44. The molecule has 0 radical (unpaired) electrons. The Morgan fingerprint density at radius 3 is 2.23 bits per heavy atom. The summed E-state index contributed by atoms with van der Waals surface area (Å²) < 4.78 is 25.7. The SMILES string of the molecule is CCN(CC(=O)NCc1ccc(Cl)cc1)C(=O)CN(c1ccccc1C)S(C)(=O)=O. The number of likely N-dealkylation sites (N-methyl/N-ethyl adjacent to an activating group) is 1. The number of carbonyl (C=O) groups excluding carboxylic acids is 2. The number of para-hydroxylation sites is 1. The molecule has 7 nitrogen and oxygen atoms in total. The average Bonchev–Trinajstić information content (AvgIpc) is 2.69. The van der Waals surface area contributed by atoms with Crippen LogP contribution in [0.5, 0.6) is 0 Å². The standard InChI is InChI=1S/C21H26ClN3O4S/c1-4-24(14-20(26)23-13-17-9-11-18(22)12-10-17)21(27)15-25(30(3,28)29)19-8-6-5-7-16(19)2/h5-12H,4,13-15H2,1-3H3,(H,23,26). The molecule has 2 aromatic rings. The Kier molecular flexibility index (Phi) is 8.25. The molecule has 0 aliphatic rings. The van der Waals surface area contributed by atoms with E-state index >= 15 is 0 Å². The molecule has 0 spiro atoms. The molecular formula is C21H26ClN3O4S. The van der Waals surface area contributed by atoms with Gasteiger partial charge in [-0.15, -0.1) is 0 Å². The van der Waals surface area contributed by atoms with E-state index in [9.17, 15) is 18.0 Å². The van der Waals surface area contributed by atoms with Crippen molar-refractivity contribution in [2.45, 2.75) is 20.4 Å². The Morgan fingerprint density at radius 1 is 1.03 bits per heavy atom. The van der Waals surface area contributed by atoms with Crippen molar-refractivity contribution in [1.82, 2.24) is 10.2 Å². The van der Waals surface area contributed by atoms with E-state index < -0.39 is 15.9 Å². The zero-order valence-electron chi connectivity index (χ0n) is 17.3. The van der Waals surface area contributed by atoms with Crippen molar-refractivity contribution in [3.8, 4) is 0 Å². The quantitative estimate of drug-likeness (QED) is 0.634. The number of halogens is 1. The van der Waals surface area contributed by atoms with Gasteiger partial charge in [-0.1, -0.05) is 41.9 Å². The van der Waals surface area contributed by atoms with E-state index in [0.29, 0.717) is 17.3 Å². The molecule has 0 atom stereocenters. The van der Waals surface area contributed by atoms with Crippen molar-refractivity contribution >= 4 is 39.1 Å². The van der Waals surface area contributed by atoms with Gasteiger partial charge in [0, 0.05) is 18.1 Å². The lowest BCUT2D eigenvalue weighted by Crippen LogP contribution is -2.46. The number of amides is 2. The summed E-state index contributed by atoms with van der Waals surface area (Å²) in [5, 5.41) is 3.36. The molecule has 0 fully saturated rings. The number of anilines is 1. The van der Waals surface area contributed by atoms with Crippen LogP contribution in [0.15, 0.2) is 48.5 Å². The number of nitrogens with zero attached hydrogens (tertiary/aromatic N) is 2. The maximum absolute atomic E-state index is 12.8. The van der Waals surface area contributed by atoms with Gasteiger partial charge in [-0.25, -0.2) is 8.42 Å². The van der Waals surface area contributed by atoms with E-state index in [1.807, 2.05) is 0 Å². The fourth-order valence-electron chi connectivity index (χ4n) is 2.86. The topological polar surface area (TPSA) is 86.8 Å². The third-order valence-electron chi connectivity index (χ3n) is 4.54. The normalized spacial score (nSPS) is 11.1. The number of rotatable bonds is 9. The molecule has 9 heteroatoms. The molecule has 0 unspecified atom stereocenters. The van der Waals surface area contributed by atoms with Crippen molar-refractivity contribution in [3.63, 3.8) is 0 Å². The lowest BCUT2D eigenvalue weighted by Gasteiger charge is -2.27. The van der Waals surface area contributed by atoms with Gasteiger partial charge in [0.1, 0.15) is 6.54 Å². The Morgan fingerprint density at radius 2 is 1.67 bits per heavy atom. The highest BCUT2D eigenvalue weighted by molar-refractivity contribution is 7.92. The van der Waals surface area contributed by atoms with E-state index in [-0.39, 0.29) is 25.5 Å². The summed E-state index contributed by atoms with van der Waals surface area (Å²) >= 11 is 5.85. The second-order valence-corrected chi connectivity index (χ2v) is 9.21. The number of nitrogens with one attached hydrogen (secondary N) is 1. The monoisotopic (exact) mass is 451 g/mol. The molecule has 0 bridgehead atoms. The van der Waals surface area contributed by atoms with Gasteiger partial charge in [0.2, 0.25) is 21.8 Å². The van der Waals surface area contributed by atoms with Gasteiger partial charge >= 0.3 is 0 Å². The van der Waals surface area contributed by atoms with Gasteiger partial charge in [-0.05, 0) is 43.2 Å². The van der Waals surface area contributed by atoms with Crippen LogP contribution in [-0.2, 0) is 26.2 Å². The van der Waals surface area contributed by atoms with Crippen LogP contribution in [0.1, 0.15) is 18.1 Å². The molecule has 0 saturated heterocycles. The van der Waals surface area contributed by atoms with Crippen LogP contribution in [0.4, 0.5) is 5.69 Å². The number of aryl methyl sites for hydroxylation is 1. The number of benzene rings is 2. The highest BCUT2D eigenvalue weighted by atomic mass is 35.5. The molecule has 0 aromatic heterocycles. The van der Waals surface area contributed by atoms with Crippen LogP contribution in [0.2, 0.25) is 5.02 Å². The smallest absolute Gasteiger partial charge is 0.243 e. The Labute approximate surface area is 182 Å². The van der Waals surface area contributed by atoms with Crippen LogP contribution < -0.4 is 9.62 Å². The highest BCUT2D eigenvalue weighted by Gasteiger charge is 2.25. The molecule has 30 heavy (non-hydrogen) atoms. The van der Waals surface area contributed by atoms with Crippen molar-refractivity contribution in [2.75, 3.05) is 30.2 Å². The molecule has 1 N–H and O–H groups in total. The second kappa shape index (κ2) is 10.4. The summed E-state index contributed by atoms with van der Waals surface area (Å²) in [7, 11) is -3.68. The van der Waals surface area contributed by atoms with Crippen LogP contribution in [0, 0.1) is 6.92 Å². The summed E-state index contributed by atoms with van der Waals surface area (Å²) in [6, 6.07) is 14.0. The third-order valence-corrected chi connectivity index (χ3v) is 5.91. The van der Waals surface area contributed by atoms with Crippen molar-refractivity contribution in [1.29, 1.82) is 0 Å². The van der Waals surface area contributed by atoms with Crippen LogP contribution >= 0.6 is 11.6 Å². The first-order chi connectivity index (χ1) is 14.1. The molecule has 162 valence electrons. The molecule has 2 amide bonds. The fourth-order valence-corrected chi connectivity index (χ4v) is 3.89. The van der Waals surface area contributed by atoms with Gasteiger partial charge in [-0.3, -0.25) is 13.9 Å². The van der Waals surface area contributed by atoms with E-state index in [1.54, 1.807) is 62.4 Å². The lowest BCUT2D eigenvalue weighted by molar-refractivity contribution is -0.134. The number of sulfonamides is 1. The van der Waals surface area contributed by atoms with Crippen LogP contribution in [-0.4, -0.2) is 51.0 Å². The summed E-state index contributed by atoms with van der Waals surface area (Å²) in [6.45, 7) is 3.57. The summed E-state index contributed by atoms with van der Waals surface area (Å²) in [4.78, 5) is 26.4. The molecule has 2 aromatic carbocycles. The van der Waals surface area contributed by atoms with Crippen molar-refractivity contribution in [2.24, 2.45) is 0 Å². The maximum Gasteiger partial charge on any atom is 0.243 e. The predicted octanol–water partition coefficient (Wildman–Crippen LogP) is 2.58. The first kappa shape index (κ1) is 23.7. The Hall–Kier alpha value is -2.58. The number of hydrogen-bond donors (Lipinski definition) is 1. The average molecular weight is 452 g/mol. The second-order valence-electron chi connectivity index (χ2n) is 6.87. The largest absolute Gasteiger partial charge is 0.350 e. The first-order valence-corrected chi connectivity index (χ1v) is 11.7. The zero-order chi connectivity index (χ0) is 22.3. The van der Waals surface area contributed by atoms with E-state index in [2.05, 4.69) is 5.32 Å². The van der Waals surface area contributed by atoms with Crippen molar-refractivity contribution in [3.05, 3.63) is 64.7 Å². The third kappa shape index (κ3) is 6.74. The van der Waals surface area contributed by atoms with Gasteiger partial charge in [0.15, 0.2) is 0 Å². The van der Waals surface area contributed by atoms with E-state index in [1.165, 1.54) is 4.90 Å². The van der Waals surface area contributed by atoms with Gasteiger partial charge in [0.05, 0.1) is 18.5 Å². The highest BCUT2D eigenvalue weighted by Crippen LogP contribution is 2.22. The molecule has 0 aliphatic carbocycles. The summed E-state index contributed by atoms with van der Waals surface area (Å²) in [5.41, 5.74) is 2.06. The van der Waals surface area contributed by atoms with Gasteiger partial charge < -0.3 is 10.2 Å². The molecule has 0 aliphatic heterocycles. The van der Waals surface area contributed by atoms with Crippen LogP contribution in [0.3, 0.4) is 0 Å². The molecule has 0 saturated carbocycles. The summed E-state index contributed by atoms with van der Waals surface area (Å²) in [5.74, 6) is -0.783. The lowest BCUT2D eigenvalue weighted by atomic mass is 10.2. The zero-order valence-corrected chi connectivity index (χ0v) is 18.8.